The second kappa shape index (κ2) is 6.62. The maximum atomic E-state index is 12.8. The average molecular weight is 338 g/mol. The Hall–Kier alpha value is -2.38. The molecule has 8 heteroatoms. The summed E-state index contributed by atoms with van der Waals surface area (Å²) in [5, 5.41) is 10.3. The fraction of sp³-hybridized carbons (Fsp3) is 0.438. The third-order valence-electron chi connectivity index (χ3n) is 4.22. The highest BCUT2D eigenvalue weighted by atomic mass is 19.4. The monoisotopic (exact) mass is 338 g/mol. The van der Waals surface area contributed by atoms with Crippen LogP contribution in [0, 0.1) is 5.92 Å². The zero-order chi connectivity index (χ0) is 17.2. The second-order valence-corrected chi connectivity index (χ2v) is 5.96. The summed E-state index contributed by atoms with van der Waals surface area (Å²) >= 11 is 0. The van der Waals surface area contributed by atoms with Crippen molar-refractivity contribution < 1.29 is 18.0 Å². The van der Waals surface area contributed by atoms with Crippen molar-refractivity contribution in [2.75, 3.05) is 0 Å². The Morgan fingerprint density at radius 1 is 1.21 bits per heavy atom. The zero-order valence-electron chi connectivity index (χ0n) is 12.8. The third-order valence-corrected chi connectivity index (χ3v) is 4.22. The molecule has 1 amide bonds. The number of carbonyl (C=O) groups is 1. The van der Waals surface area contributed by atoms with Gasteiger partial charge >= 0.3 is 6.18 Å². The number of amides is 1. The van der Waals surface area contributed by atoms with E-state index in [0.29, 0.717) is 12.8 Å². The van der Waals surface area contributed by atoms with E-state index in [1.54, 1.807) is 0 Å². The van der Waals surface area contributed by atoms with Crippen LogP contribution < -0.4 is 5.32 Å². The van der Waals surface area contributed by atoms with Crippen molar-refractivity contribution in [3.8, 4) is 5.69 Å². The third kappa shape index (κ3) is 3.74. The molecule has 128 valence electrons. The normalized spacial score (nSPS) is 21.5. The molecule has 0 aliphatic heterocycles. The number of para-hydroxylation sites is 1. The first-order valence-corrected chi connectivity index (χ1v) is 7.79. The van der Waals surface area contributed by atoms with E-state index in [-0.39, 0.29) is 18.5 Å². The highest BCUT2D eigenvalue weighted by Crippen LogP contribution is 2.37. The summed E-state index contributed by atoms with van der Waals surface area (Å²) in [6.45, 7) is 0. The van der Waals surface area contributed by atoms with Gasteiger partial charge in [-0.1, -0.05) is 29.8 Å². The lowest BCUT2D eigenvalue weighted by atomic mass is 9.85. The molecule has 1 aliphatic carbocycles. The van der Waals surface area contributed by atoms with Crippen molar-refractivity contribution in [3.63, 3.8) is 0 Å². The Bertz CT molecular complexity index is 699. The molecule has 0 radical (unpaired) electrons. The van der Waals surface area contributed by atoms with Gasteiger partial charge in [-0.05, 0) is 31.4 Å². The number of halogens is 3. The summed E-state index contributed by atoms with van der Waals surface area (Å²) < 4.78 is 39.9. The SMILES string of the molecule is O=C(NC1CCCC(C(F)(F)F)C1)c1cn(-c2ccccc2)nn1. The minimum absolute atomic E-state index is 0.0813. The molecule has 24 heavy (non-hydrogen) atoms. The number of hydrogen-bond donors (Lipinski definition) is 1. The molecule has 2 unspecified atom stereocenters. The van der Waals surface area contributed by atoms with Crippen molar-refractivity contribution in [3.05, 3.63) is 42.2 Å². The van der Waals surface area contributed by atoms with Crippen LogP contribution in [0.1, 0.15) is 36.2 Å². The van der Waals surface area contributed by atoms with E-state index in [1.807, 2.05) is 30.3 Å². The summed E-state index contributed by atoms with van der Waals surface area (Å²) in [4.78, 5) is 12.2. The lowest BCUT2D eigenvalue weighted by molar-refractivity contribution is -0.183. The van der Waals surface area contributed by atoms with Gasteiger partial charge in [-0.25, -0.2) is 4.68 Å². The topological polar surface area (TPSA) is 59.8 Å². The average Bonchev–Trinajstić information content (AvgIpc) is 3.05. The van der Waals surface area contributed by atoms with E-state index < -0.39 is 24.0 Å². The van der Waals surface area contributed by atoms with Crippen LogP contribution in [0.4, 0.5) is 13.2 Å². The Morgan fingerprint density at radius 2 is 1.96 bits per heavy atom. The molecule has 1 fully saturated rings. The molecule has 3 rings (SSSR count). The summed E-state index contributed by atoms with van der Waals surface area (Å²) in [6.07, 6.45) is -1.70. The van der Waals surface area contributed by atoms with Crippen LogP contribution in [-0.4, -0.2) is 33.1 Å². The van der Waals surface area contributed by atoms with Crippen LogP contribution in [0.2, 0.25) is 0 Å². The summed E-state index contributed by atoms with van der Waals surface area (Å²) in [7, 11) is 0. The zero-order valence-corrected chi connectivity index (χ0v) is 12.8. The van der Waals surface area contributed by atoms with Gasteiger partial charge < -0.3 is 5.32 Å². The van der Waals surface area contributed by atoms with Gasteiger partial charge in [0.2, 0.25) is 0 Å². The number of carbonyl (C=O) groups excluding carboxylic acids is 1. The molecule has 2 atom stereocenters. The second-order valence-electron chi connectivity index (χ2n) is 5.96. The van der Waals surface area contributed by atoms with Crippen LogP contribution in [0.25, 0.3) is 5.69 Å². The predicted octanol–water partition coefficient (Wildman–Crippen LogP) is 3.12. The number of nitrogens with zero attached hydrogens (tertiary/aromatic N) is 3. The number of benzene rings is 1. The molecule has 0 saturated heterocycles. The van der Waals surface area contributed by atoms with Crippen LogP contribution >= 0.6 is 0 Å². The lowest BCUT2D eigenvalue weighted by Gasteiger charge is -2.30. The molecule has 1 aliphatic rings. The Labute approximate surface area is 136 Å². The van der Waals surface area contributed by atoms with Crippen LogP contribution in [-0.2, 0) is 0 Å². The first-order valence-electron chi connectivity index (χ1n) is 7.79. The Kier molecular flexibility index (Phi) is 4.55. The largest absolute Gasteiger partial charge is 0.391 e. The lowest BCUT2D eigenvalue weighted by Crippen LogP contribution is -2.41. The summed E-state index contributed by atoms with van der Waals surface area (Å²) in [5.41, 5.74) is 0.840. The molecule has 1 aromatic carbocycles. The molecule has 1 saturated carbocycles. The van der Waals surface area contributed by atoms with Gasteiger partial charge in [-0.3, -0.25) is 4.79 Å². The number of aromatic nitrogens is 3. The van der Waals surface area contributed by atoms with Gasteiger partial charge in [0.25, 0.3) is 5.91 Å². The van der Waals surface area contributed by atoms with Gasteiger partial charge in [0.1, 0.15) is 0 Å². The van der Waals surface area contributed by atoms with E-state index >= 15 is 0 Å². The molecule has 1 N–H and O–H groups in total. The molecular formula is C16H17F3N4O. The maximum absolute atomic E-state index is 12.8. The van der Waals surface area contributed by atoms with Crippen molar-refractivity contribution in [2.45, 2.75) is 37.9 Å². The van der Waals surface area contributed by atoms with Crippen LogP contribution in [0.15, 0.2) is 36.5 Å². The van der Waals surface area contributed by atoms with Gasteiger partial charge in [0, 0.05) is 6.04 Å². The molecule has 1 aromatic heterocycles. The maximum Gasteiger partial charge on any atom is 0.391 e. The Balaban J connectivity index is 1.64. The standard InChI is InChI=1S/C16H17F3N4O/c17-16(18,19)11-5-4-6-12(9-11)20-15(24)14-10-23(22-21-14)13-7-2-1-3-8-13/h1-3,7-8,10-12H,4-6,9H2,(H,20,24). The van der Waals surface area contributed by atoms with E-state index in [4.69, 9.17) is 0 Å². The quantitative estimate of drug-likeness (QED) is 0.935. The van der Waals surface area contributed by atoms with Crippen molar-refractivity contribution in [1.29, 1.82) is 0 Å². The molecule has 1 heterocycles. The molecular weight excluding hydrogens is 321 g/mol. The summed E-state index contributed by atoms with van der Waals surface area (Å²) in [6, 6.07) is 8.65. The Morgan fingerprint density at radius 3 is 2.67 bits per heavy atom. The van der Waals surface area contributed by atoms with Crippen LogP contribution in [0.3, 0.4) is 0 Å². The smallest absolute Gasteiger partial charge is 0.348 e. The molecule has 2 aromatic rings. The molecule has 5 nitrogen and oxygen atoms in total. The number of alkyl halides is 3. The number of rotatable bonds is 3. The van der Waals surface area contributed by atoms with Crippen molar-refractivity contribution in [2.24, 2.45) is 5.92 Å². The van der Waals surface area contributed by atoms with E-state index in [1.165, 1.54) is 10.9 Å². The minimum atomic E-state index is -4.21. The fourth-order valence-electron chi connectivity index (χ4n) is 2.95. The van der Waals surface area contributed by atoms with E-state index in [0.717, 1.165) is 5.69 Å². The molecule has 0 bridgehead atoms. The summed E-state index contributed by atoms with van der Waals surface area (Å²) in [5.74, 6) is -1.85. The van der Waals surface area contributed by atoms with Gasteiger partial charge in [-0.2, -0.15) is 13.2 Å². The van der Waals surface area contributed by atoms with E-state index in [2.05, 4.69) is 15.6 Å². The predicted molar refractivity (Wildman–Crippen MR) is 80.6 cm³/mol. The van der Waals surface area contributed by atoms with Crippen molar-refractivity contribution >= 4 is 5.91 Å². The van der Waals surface area contributed by atoms with Crippen LogP contribution in [0.5, 0.6) is 0 Å². The first-order chi connectivity index (χ1) is 11.4. The fourth-order valence-corrected chi connectivity index (χ4v) is 2.95. The number of nitrogens with one attached hydrogen (secondary N) is 1. The van der Waals surface area contributed by atoms with Gasteiger partial charge in [-0.15, -0.1) is 5.10 Å². The van der Waals surface area contributed by atoms with Gasteiger partial charge in [0.05, 0.1) is 17.8 Å². The first kappa shape index (κ1) is 16.5. The van der Waals surface area contributed by atoms with Gasteiger partial charge in [0.15, 0.2) is 5.69 Å². The highest BCUT2D eigenvalue weighted by molar-refractivity contribution is 5.92. The minimum Gasteiger partial charge on any atom is -0.348 e. The highest BCUT2D eigenvalue weighted by Gasteiger charge is 2.42. The van der Waals surface area contributed by atoms with Crippen molar-refractivity contribution in [1.82, 2.24) is 20.3 Å². The van der Waals surface area contributed by atoms with E-state index in [9.17, 15) is 18.0 Å². The molecule has 0 spiro atoms. The number of hydrogen-bond acceptors (Lipinski definition) is 3.